The number of carbonyl (C=O) groups is 1. The molecule has 158 valence electrons. The van der Waals surface area contributed by atoms with Gasteiger partial charge in [-0.05, 0) is 62.8 Å². The molecule has 30 heavy (non-hydrogen) atoms. The van der Waals surface area contributed by atoms with Gasteiger partial charge in [0.15, 0.2) is 0 Å². The first-order valence-corrected chi connectivity index (χ1v) is 10.4. The Labute approximate surface area is 175 Å². The molecule has 0 saturated heterocycles. The van der Waals surface area contributed by atoms with Crippen LogP contribution in [0.4, 0.5) is 5.69 Å². The number of hydrogen-bond donors (Lipinski definition) is 0. The Morgan fingerprint density at radius 2 is 2.00 bits per heavy atom. The fourth-order valence-corrected chi connectivity index (χ4v) is 3.80. The number of benzene rings is 1. The van der Waals surface area contributed by atoms with Gasteiger partial charge in [0.25, 0.3) is 5.69 Å². The maximum Gasteiger partial charge on any atom is 0.305 e. The van der Waals surface area contributed by atoms with Gasteiger partial charge in [-0.1, -0.05) is 19.1 Å². The van der Waals surface area contributed by atoms with E-state index >= 15 is 0 Å². The Kier molecular flexibility index (Phi) is 6.82. The summed E-state index contributed by atoms with van der Waals surface area (Å²) < 4.78 is 6.94. The van der Waals surface area contributed by atoms with E-state index in [1.807, 2.05) is 29.6 Å². The van der Waals surface area contributed by atoms with Crippen molar-refractivity contribution in [2.75, 3.05) is 6.61 Å². The van der Waals surface area contributed by atoms with Crippen molar-refractivity contribution in [2.45, 2.75) is 52.9 Å². The Balaban J connectivity index is 2.02. The third-order valence-electron chi connectivity index (χ3n) is 5.25. The summed E-state index contributed by atoms with van der Waals surface area (Å²) in [5.41, 5.74) is 5.84. The maximum absolute atomic E-state index is 11.6. The van der Waals surface area contributed by atoms with Crippen molar-refractivity contribution in [1.82, 2.24) is 9.61 Å². The molecule has 2 aromatic heterocycles. The molecule has 0 aliphatic rings. The number of fused-ring (bicyclic) bond motifs is 1. The molecule has 1 aromatic carbocycles. The molecule has 0 atom stereocenters. The Hall–Kier alpha value is -3.22. The first-order chi connectivity index (χ1) is 14.5. The Bertz CT molecular complexity index is 1070. The molecule has 0 amide bonds. The van der Waals surface area contributed by atoms with Crippen molar-refractivity contribution in [1.29, 1.82) is 0 Å². The first kappa shape index (κ1) is 21.5. The topological polar surface area (TPSA) is 86.7 Å². The van der Waals surface area contributed by atoms with Crippen LogP contribution in [0.15, 0.2) is 36.4 Å². The standard InChI is InChI=1S/C23H27N3O4/c1-4-18-13-14-21-23(17-9-8-10-19(15-17)26(28)29)20(16(3)24-25(18)21)11-6-7-12-22(27)30-5-2/h8-10,13-15H,4-7,11-12H2,1-3H3. The molecule has 2 heterocycles. The minimum atomic E-state index is -0.372. The lowest BCUT2D eigenvalue weighted by molar-refractivity contribution is -0.384. The largest absolute Gasteiger partial charge is 0.466 e. The third-order valence-corrected chi connectivity index (χ3v) is 5.25. The number of esters is 1. The summed E-state index contributed by atoms with van der Waals surface area (Å²) >= 11 is 0. The summed E-state index contributed by atoms with van der Waals surface area (Å²) in [7, 11) is 0. The van der Waals surface area contributed by atoms with E-state index in [0.717, 1.165) is 59.3 Å². The van der Waals surface area contributed by atoms with Crippen molar-refractivity contribution >= 4 is 17.2 Å². The van der Waals surface area contributed by atoms with Gasteiger partial charge in [0.05, 0.1) is 22.7 Å². The number of hydrogen-bond acceptors (Lipinski definition) is 5. The molecule has 3 aromatic rings. The molecule has 3 rings (SSSR count). The monoisotopic (exact) mass is 409 g/mol. The zero-order valence-electron chi connectivity index (χ0n) is 17.7. The highest BCUT2D eigenvalue weighted by atomic mass is 16.6. The van der Waals surface area contributed by atoms with E-state index in [0.29, 0.717) is 13.0 Å². The summed E-state index contributed by atoms with van der Waals surface area (Å²) in [6.45, 7) is 6.24. The van der Waals surface area contributed by atoms with Gasteiger partial charge in [0, 0.05) is 29.8 Å². The molecule has 0 spiro atoms. The van der Waals surface area contributed by atoms with E-state index in [9.17, 15) is 14.9 Å². The molecule has 7 heteroatoms. The molecule has 0 aliphatic carbocycles. The molecule has 0 unspecified atom stereocenters. The number of nitrogens with zero attached hydrogens (tertiary/aromatic N) is 3. The predicted molar refractivity (Wildman–Crippen MR) is 116 cm³/mol. The second kappa shape index (κ2) is 9.52. The zero-order chi connectivity index (χ0) is 21.7. The molecule has 0 radical (unpaired) electrons. The summed E-state index contributed by atoms with van der Waals surface area (Å²) in [5, 5.41) is 16.1. The van der Waals surface area contributed by atoms with Gasteiger partial charge in [0.1, 0.15) is 0 Å². The van der Waals surface area contributed by atoms with Gasteiger partial charge in [-0.25, -0.2) is 4.52 Å². The molecule has 0 bridgehead atoms. The van der Waals surface area contributed by atoms with Crippen molar-refractivity contribution in [3.63, 3.8) is 0 Å². The van der Waals surface area contributed by atoms with E-state index in [-0.39, 0.29) is 16.6 Å². The summed E-state index contributed by atoms with van der Waals surface area (Å²) in [4.78, 5) is 22.6. The Morgan fingerprint density at radius 1 is 1.20 bits per heavy atom. The van der Waals surface area contributed by atoms with E-state index < -0.39 is 0 Å². The van der Waals surface area contributed by atoms with Crippen LogP contribution in [0.25, 0.3) is 16.6 Å². The molecule has 0 aliphatic heterocycles. The lowest BCUT2D eigenvalue weighted by Crippen LogP contribution is -2.07. The van der Waals surface area contributed by atoms with Crippen LogP contribution in [0, 0.1) is 17.0 Å². The van der Waals surface area contributed by atoms with E-state index in [4.69, 9.17) is 9.84 Å². The maximum atomic E-state index is 11.6. The van der Waals surface area contributed by atoms with Gasteiger partial charge in [-0.2, -0.15) is 5.10 Å². The van der Waals surface area contributed by atoms with Crippen LogP contribution in [0.3, 0.4) is 0 Å². The highest BCUT2D eigenvalue weighted by molar-refractivity contribution is 5.84. The second-order valence-electron chi connectivity index (χ2n) is 7.23. The van der Waals surface area contributed by atoms with Gasteiger partial charge in [0.2, 0.25) is 0 Å². The van der Waals surface area contributed by atoms with Crippen LogP contribution in [0.5, 0.6) is 0 Å². The van der Waals surface area contributed by atoms with Crippen LogP contribution in [-0.2, 0) is 22.4 Å². The number of aryl methyl sites for hydroxylation is 2. The predicted octanol–water partition coefficient (Wildman–Crippen LogP) is 5.06. The highest BCUT2D eigenvalue weighted by Gasteiger charge is 2.18. The van der Waals surface area contributed by atoms with Gasteiger partial charge < -0.3 is 4.74 Å². The van der Waals surface area contributed by atoms with Crippen molar-refractivity contribution in [3.05, 3.63) is 63.5 Å². The number of aromatic nitrogens is 2. The van der Waals surface area contributed by atoms with E-state index in [2.05, 4.69) is 6.92 Å². The third kappa shape index (κ3) is 4.50. The number of unbranched alkanes of at least 4 members (excludes halogenated alkanes) is 1. The first-order valence-electron chi connectivity index (χ1n) is 10.4. The highest BCUT2D eigenvalue weighted by Crippen LogP contribution is 2.34. The lowest BCUT2D eigenvalue weighted by Gasteiger charge is -2.16. The smallest absolute Gasteiger partial charge is 0.305 e. The SMILES string of the molecule is CCOC(=O)CCCCc1c(C)nn2c(CC)ccc2c1-c1cccc([N+](=O)[O-])c1. The van der Waals surface area contributed by atoms with Crippen LogP contribution in [-0.4, -0.2) is 27.1 Å². The number of ether oxygens (including phenoxy) is 1. The average Bonchev–Trinajstić information content (AvgIpc) is 3.13. The lowest BCUT2D eigenvalue weighted by atomic mass is 9.94. The summed E-state index contributed by atoms with van der Waals surface area (Å²) in [5.74, 6) is -0.180. The average molecular weight is 409 g/mol. The van der Waals surface area contributed by atoms with Crippen LogP contribution in [0.1, 0.15) is 50.1 Å². The minimum absolute atomic E-state index is 0.0654. The van der Waals surface area contributed by atoms with Crippen molar-refractivity contribution in [2.24, 2.45) is 0 Å². The number of non-ortho nitro benzene ring substituents is 1. The number of nitro benzene ring substituents is 1. The summed E-state index contributed by atoms with van der Waals surface area (Å²) in [6, 6.07) is 10.8. The van der Waals surface area contributed by atoms with Crippen LogP contribution in [0.2, 0.25) is 0 Å². The van der Waals surface area contributed by atoms with E-state index in [1.54, 1.807) is 19.1 Å². The number of nitro groups is 1. The molecular weight excluding hydrogens is 382 g/mol. The number of carbonyl (C=O) groups excluding carboxylic acids is 1. The van der Waals surface area contributed by atoms with Crippen molar-refractivity contribution in [3.8, 4) is 11.1 Å². The van der Waals surface area contributed by atoms with Crippen molar-refractivity contribution < 1.29 is 14.5 Å². The molecule has 0 N–H and O–H groups in total. The van der Waals surface area contributed by atoms with Gasteiger partial charge in [-0.15, -0.1) is 0 Å². The van der Waals surface area contributed by atoms with Crippen LogP contribution >= 0.6 is 0 Å². The quantitative estimate of drug-likeness (QED) is 0.213. The van der Waals surface area contributed by atoms with Gasteiger partial charge >= 0.3 is 5.97 Å². The second-order valence-corrected chi connectivity index (χ2v) is 7.23. The molecule has 0 saturated carbocycles. The molecule has 7 nitrogen and oxygen atoms in total. The van der Waals surface area contributed by atoms with Gasteiger partial charge in [-0.3, -0.25) is 14.9 Å². The fraction of sp³-hybridized carbons (Fsp3) is 0.391. The summed E-state index contributed by atoms with van der Waals surface area (Å²) in [6.07, 6.45) is 3.49. The zero-order valence-corrected chi connectivity index (χ0v) is 17.7. The van der Waals surface area contributed by atoms with E-state index in [1.165, 1.54) is 6.07 Å². The fourth-order valence-electron chi connectivity index (χ4n) is 3.80. The Morgan fingerprint density at radius 3 is 2.70 bits per heavy atom. The normalized spacial score (nSPS) is 11.0. The minimum Gasteiger partial charge on any atom is -0.466 e. The molecule has 0 fully saturated rings. The number of rotatable bonds is 9. The molecular formula is C23H27N3O4. The van der Waals surface area contributed by atoms with Crippen LogP contribution < -0.4 is 0 Å².